The maximum atomic E-state index is 12.0. The van der Waals surface area contributed by atoms with Gasteiger partial charge in [-0.15, -0.1) is 0 Å². The Morgan fingerprint density at radius 1 is 1.53 bits per heavy atom. The number of hydrogen-bond donors (Lipinski definition) is 1. The van der Waals surface area contributed by atoms with Gasteiger partial charge in [0.05, 0.1) is 12.7 Å². The van der Waals surface area contributed by atoms with Gasteiger partial charge in [-0.25, -0.2) is 0 Å². The standard InChI is InChI=1S/C14H29N3O2/c1-4-13-11-19-12(2)10-17(13)9-6-14(18)16(3)8-5-7-15/h12-13H,4-11,15H2,1-3H3. The Kier molecular flexibility index (Phi) is 7.34. The van der Waals surface area contributed by atoms with Crippen molar-refractivity contribution in [1.29, 1.82) is 0 Å². The Balaban J connectivity index is 2.34. The Morgan fingerprint density at radius 3 is 2.89 bits per heavy atom. The third-order valence-electron chi connectivity index (χ3n) is 3.79. The van der Waals surface area contributed by atoms with E-state index in [1.807, 2.05) is 7.05 Å². The molecule has 2 N–H and O–H groups in total. The van der Waals surface area contributed by atoms with Gasteiger partial charge in [-0.1, -0.05) is 6.92 Å². The van der Waals surface area contributed by atoms with E-state index < -0.39 is 0 Å². The molecule has 1 fully saturated rings. The van der Waals surface area contributed by atoms with Gasteiger partial charge in [0.15, 0.2) is 0 Å². The van der Waals surface area contributed by atoms with Crippen LogP contribution < -0.4 is 5.73 Å². The maximum Gasteiger partial charge on any atom is 0.223 e. The fourth-order valence-electron chi connectivity index (χ4n) is 2.45. The molecular weight excluding hydrogens is 242 g/mol. The molecule has 1 rings (SSSR count). The zero-order chi connectivity index (χ0) is 14.3. The molecule has 1 saturated heterocycles. The van der Waals surface area contributed by atoms with Gasteiger partial charge >= 0.3 is 0 Å². The molecule has 2 atom stereocenters. The van der Waals surface area contributed by atoms with Gasteiger partial charge in [-0.05, 0) is 26.3 Å². The van der Waals surface area contributed by atoms with E-state index in [2.05, 4.69) is 18.7 Å². The summed E-state index contributed by atoms with van der Waals surface area (Å²) in [5.41, 5.74) is 5.46. The van der Waals surface area contributed by atoms with E-state index >= 15 is 0 Å². The van der Waals surface area contributed by atoms with Crippen molar-refractivity contribution in [2.24, 2.45) is 5.73 Å². The number of ether oxygens (including phenoxy) is 1. The minimum absolute atomic E-state index is 0.211. The molecule has 0 aliphatic carbocycles. The molecule has 19 heavy (non-hydrogen) atoms. The number of hydrogen-bond acceptors (Lipinski definition) is 4. The molecule has 1 heterocycles. The summed E-state index contributed by atoms with van der Waals surface area (Å²) in [5, 5.41) is 0. The Morgan fingerprint density at radius 2 is 2.26 bits per heavy atom. The van der Waals surface area contributed by atoms with Crippen molar-refractivity contribution in [1.82, 2.24) is 9.80 Å². The summed E-state index contributed by atoms with van der Waals surface area (Å²) in [7, 11) is 1.86. The first-order valence-corrected chi connectivity index (χ1v) is 7.38. The van der Waals surface area contributed by atoms with Crippen molar-refractivity contribution in [3.63, 3.8) is 0 Å². The summed E-state index contributed by atoms with van der Waals surface area (Å²) in [5.74, 6) is 0.211. The first-order chi connectivity index (χ1) is 9.08. The first-order valence-electron chi connectivity index (χ1n) is 7.38. The molecular formula is C14H29N3O2. The fourth-order valence-corrected chi connectivity index (χ4v) is 2.45. The minimum atomic E-state index is 0.211. The van der Waals surface area contributed by atoms with Gasteiger partial charge in [0, 0.05) is 39.1 Å². The molecule has 1 aliphatic heterocycles. The number of morpholine rings is 1. The molecule has 112 valence electrons. The van der Waals surface area contributed by atoms with Crippen LogP contribution in [0.3, 0.4) is 0 Å². The third kappa shape index (κ3) is 5.47. The normalized spacial score (nSPS) is 24.4. The summed E-state index contributed by atoms with van der Waals surface area (Å²) in [6, 6.07) is 0.457. The molecule has 5 nitrogen and oxygen atoms in total. The van der Waals surface area contributed by atoms with Crippen LogP contribution in [-0.4, -0.2) is 67.7 Å². The lowest BCUT2D eigenvalue weighted by Gasteiger charge is -2.38. The SMILES string of the molecule is CCC1COC(C)CN1CCC(=O)N(C)CCCN. The molecule has 0 aromatic carbocycles. The van der Waals surface area contributed by atoms with Gasteiger partial charge in [0.1, 0.15) is 0 Å². The van der Waals surface area contributed by atoms with E-state index in [0.29, 0.717) is 19.0 Å². The van der Waals surface area contributed by atoms with Crippen molar-refractivity contribution < 1.29 is 9.53 Å². The van der Waals surface area contributed by atoms with E-state index in [1.165, 1.54) is 0 Å². The minimum Gasteiger partial charge on any atom is -0.376 e. The average Bonchev–Trinajstić information content (AvgIpc) is 2.42. The number of nitrogens with zero attached hydrogens (tertiary/aromatic N) is 2. The molecule has 0 spiro atoms. The highest BCUT2D eigenvalue weighted by Crippen LogP contribution is 2.14. The molecule has 5 heteroatoms. The van der Waals surface area contributed by atoms with Crippen LogP contribution in [0.25, 0.3) is 0 Å². The Bertz CT molecular complexity index is 273. The van der Waals surface area contributed by atoms with Gasteiger partial charge < -0.3 is 15.4 Å². The molecule has 1 amide bonds. The van der Waals surface area contributed by atoms with Crippen LogP contribution in [0.1, 0.15) is 33.1 Å². The molecule has 0 aromatic heterocycles. The fraction of sp³-hybridized carbons (Fsp3) is 0.929. The van der Waals surface area contributed by atoms with Crippen molar-refractivity contribution in [3.05, 3.63) is 0 Å². The van der Waals surface area contributed by atoms with Crippen LogP contribution in [0.15, 0.2) is 0 Å². The molecule has 0 aromatic rings. The predicted octanol–water partition coefficient (Wildman–Crippen LogP) is 0.683. The first kappa shape index (κ1) is 16.4. The monoisotopic (exact) mass is 271 g/mol. The number of nitrogens with two attached hydrogens (primary N) is 1. The number of carbonyl (C=O) groups is 1. The number of carbonyl (C=O) groups excluding carboxylic acids is 1. The van der Waals surface area contributed by atoms with Crippen LogP contribution in [0.5, 0.6) is 0 Å². The maximum absolute atomic E-state index is 12.0. The topological polar surface area (TPSA) is 58.8 Å². The van der Waals surface area contributed by atoms with Crippen molar-refractivity contribution in [3.8, 4) is 0 Å². The summed E-state index contributed by atoms with van der Waals surface area (Å²) in [6.07, 6.45) is 2.80. The second-order valence-corrected chi connectivity index (χ2v) is 5.41. The van der Waals surface area contributed by atoms with E-state index in [9.17, 15) is 4.79 Å². The van der Waals surface area contributed by atoms with Crippen molar-refractivity contribution in [2.45, 2.75) is 45.3 Å². The molecule has 0 bridgehead atoms. The highest BCUT2D eigenvalue weighted by Gasteiger charge is 2.25. The van der Waals surface area contributed by atoms with E-state index in [-0.39, 0.29) is 12.0 Å². The van der Waals surface area contributed by atoms with E-state index in [4.69, 9.17) is 10.5 Å². The second kappa shape index (κ2) is 8.51. The van der Waals surface area contributed by atoms with Gasteiger partial charge in [0.25, 0.3) is 0 Å². The average molecular weight is 271 g/mol. The van der Waals surface area contributed by atoms with Crippen molar-refractivity contribution in [2.75, 3.05) is 39.8 Å². The van der Waals surface area contributed by atoms with Gasteiger partial charge in [-0.2, -0.15) is 0 Å². The van der Waals surface area contributed by atoms with Gasteiger partial charge in [-0.3, -0.25) is 9.69 Å². The largest absolute Gasteiger partial charge is 0.376 e. The predicted molar refractivity (Wildman–Crippen MR) is 77.0 cm³/mol. The summed E-state index contributed by atoms with van der Waals surface area (Å²) >= 11 is 0. The van der Waals surface area contributed by atoms with Gasteiger partial charge in [0.2, 0.25) is 5.91 Å². The van der Waals surface area contributed by atoms with E-state index in [0.717, 1.165) is 39.1 Å². The zero-order valence-electron chi connectivity index (χ0n) is 12.6. The second-order valence-electron chi connectivity index (χ2n) is 5.41. The van der Waals surface area contributed by atoms with Crippen LogP contribution in [0, 0.1) is 0 Å². The molecule has 1 aliphatic rings. The smallest absolute Gasteiger partial charge is 0.223 e. The summed E-state index contributed by atoms with van der Waals surface area (Å²) in [6.45, 7) is 8.20. The van der Waals surface area contributed by atoms with Crippen molar-refractivity contribution >= 4 is 5.91 Å². The van der Waals surface area contributed by atoms with E-state index in [1.54, 1.807) is 4.90 Å². The van der Waals surface area contributed by atoms with Crippen LogP contribution >= 0.6 is 0 Å². The highest BCUT2D eigenvalue weighted by atomic mass is 16.5. The van der Waals surface area contributed by atoms with Crippen LogP contribution in [-0.2, 0) is 9.53 Å². The summed E-state index contributed by atoms with van der Waals surface area (Å²) in [4.78, 5) is 16.2. The quantitative estimate of drug-likeness (QED) is 0.740. The van der Waals surface area contributed by atoms with Crippen LogP contribution in [0.4, 0.5) is 0 Å². The lowest BCUT2D eigenvalue weighted by Crippen LogP contribution is -2.49. The molecule has 2 unspecified atom stereocenters. The third-order valence-corrected chi connectivity index (χ3v) is 3.79. The zero-order valence-corrected chi connectivity index (χ0v) is 12.6. The summed E-state index contributed by atoms with van der Waals surface area (Å²) < 4.78 is 5.67. The number of rotatable bonds is 7. The molecule has 0 radical (unpaired) electrons. The van der Waals surface area contributed by atoms with Crippen LogP contribution in [0.2, 0.25) is 0 Å². The highest BCUT2D eigenvalue weighted by molar-refractivity contribution is 5.76. The lowest BCUT2D eigenvalue weighted by molar-refractivity contribution is -0.131. The number of amides is 1. The lowest BCUT2D eigenvalue weighted by atomic mass is 10.1. The molecule has 0 saturated carbocycles. The Labute approximate surface area is 117 Å². The Hall–Kier alpha value is -0.650.